The van der Waals surface area contributed by atoms with Crippen molar-refractivity contribution in [3.05, 3.63) is 28.8 Å². The summed E-state index contributed by atoms with van der Waals surface area (Å²) in [5.41, 5.74) is 0.437. The molecule has 1 N–H and O–H groups in total. The summed E-state index contributed by atoms with van der Waals surface area (Å²) in [6, 6.07) is 7.34. The highest BCUT2D eigenvalue weighted by molar-refractivity contribution is 7.92. The average molecular weight is 284 g/mol. The van der Waals surface area contributed by atoms with Crippen molar-refractivity contribution in [2.75, 3.05) is 10.5 Å². The summed E-state index contributed by atoms with van der Waals surface area (Å²) in [6.07, 6.45) is 2.91. The molecule has 0 unspecified atom stereocenters. The quantitative estimate of drug-likeness (QED) is 0.903. The van der Waals surface area contributed by atoms with Gasteiger partial charge in [0.05, 0.1) is 17.0 Å². The summed E-state index contributed by atoms with van der Waals surface area (Å²) in [4.78, 5) is 0. The van der Waals surface area contributed by atoms with E-state index in [2.05, 4.69) is 10.8 Å². The van der Waals surface area contributed by atoms with Crippen LogP contribution in [0.2, 0.25) is 5.02 Å². The fraction of sp³-hybridized carbons (Fsp3) is 0.417. The third-order valence-electron chi connectivity index (χ3n) is 2.79. The smallest absolute Gasteiger partial charge is 0.232 e. The predicted molar refractivity (Wildman–Crippen MR) is 69.8 cm³/mol. The number of rotatable bonds is 5. The lowest BCUT2D eigenvalue weighted by Crippen LogP contribution is -2.17. The fourth-order valence-corrected chi connectivity index (χ4v) is 3.00. The summed E-state index contributed by atoms with van der Waals surface area (Å²) in [5.74, 6) is 0.638. The van der Waals surface area contributed by atoms with Crippen molar-refractivity contribution < 1.29 is 8.42 Å². The van der Waals surface area contributed by atoms with E-state index >= 15 is 0 Å². The van der Waals surface area contributed by atoms with Crippen LogP contribution < -0.4 is 4.72 Å². The predicted octanol–water partition coefficient (Wildman–Crippen LogP) is 2.55. The van der Waals surface area contributed by atoms with Crippen LogP contribution in [0, 0.1) is 23.3 Å². The zero-order valence-corrected chi connectivity index (χ0v) is 11.2. The molecule has 0 bridgehead atoms. The second kappa shape index (κ2) is 5.17. The first-order valence-electron chi connectivity index (χ1n) is 5.62. The van der Waals surface area contributed by atoms with Gasteiger partial charge in [0.15, 0.2) is 0 Å². The SMILES string of the molecule is N#Cc1cc(Cl)[c]cc1NS(=O)(=O)CCC1CC1. The Hall–Kier alpha value is -1.25. The molecule has 18 heavy (non-hydrogen) atoms. The molecule has 0 amide bonds. The number of nitriles is 1. The first-order valence-corrected chi connectivity index (χ1v) is 7.65. The molecule has 1 radical (unpaired) electrons. The Balaban J connectivity index is 2.10. The molecule has 6 heteroatoms. The number of benzene rings is 1. The lowest BCUT2D eigenvalue weighted by molar-refractivity contribution is 0.595. The van der Waals surface area contributed by atoms with E-state index in [4.69, 9.17) is 16.9 Å². The standard InChI is InChI=1S/C12H12ClN2O2S/c13-11-3-4-12(10(7-11)8-14)15-18(16,17)6-5-9-1-2-9/h4,7,9,15H,1-2,5-6H2. The van der Waals surface area contributed by atoms with Crippen LogP contribution in [0.15, 0.2) is 12.1 Å². The Morgan fingerprint density at radius 2 is 2.28 bits per heavy atom. The molecule has 0 spiro atoms. The van der Waals surface area contributed by atoms with E-state index in [-0.39, 0.29) is 22.0 Å². The summed E-state index contributed by atoms with van der Waals surface area (Å²) in [5, 5.41) is 9.20. The Kier molecular flexibility index (Phi) is 3.79. The summed E-state index contributed by atoms with van der Waals surface area (Å²) < 4.78 is 26.0. The molecule has 0 aromatic heterocycles. The van der Waals surface area contributed by atoms with Gasteiger partial charge < -0.3 is 0 Å². The minimum absolute atomic E-state index is 0.0885. The molecular formula is C12H12ClN2O2S. The molecule has 0 saturated heterocycles. The third-order valence-corrected chi connectivity index (χ3v) is 4.32. The lowest BCUT2D eigenvalue weighted by atomic mass is 10.2. The molecule has 1 aliphatic carbocycles. The minimum atomic E-state index is -3.40. The zero-order valence-electron chi connectivity index (χ0n) is 9.61. The van der Waals surface area contributed by atoms with Crippen LogP contribution in [-0.2, 0) is 10.0 Å². The number of nitrogens with one attached hydrogen (secondary N) is 1. The second-order valence-corrected chi connectivity index (χ2v) is 6.62. The van der Waals surface area contributed by atoms with Crippen molar-refractivity contribution in [2.45, 2.75) is 19.3 Å². The molecule has 1 aromatic rings. The van der Waals surface area contributed by atoms with Crippen molar-refractivity contribution in [3.8, 4) is 6.07 Å². The van der Waals surface area contributed by atoms with Crippen molar-refractivity contribution in [2.24, 2.45) is 5.92 Å². The molecule has 1 saturated carbocycles. The van der Waals surface area contributed by atoms with Crippen molar-refractivity contribution in [3.63, 3.8) is 0 Å². The van der Waals surface area contributed by atoms with Gasteiger partial charge in [-0.15, -0.1) is 0 Å². The normalized spacial score (nSPS) is 15.1. The number of hydrogen-bond acceptors (Lipinski definition) is 3. The summed E-state index contributed by atoms with van der Waals surface area (Å²) >= 11 is 5.69. The molecule has 0 atom stereocenters. The van der Waals surface area contributed by atoms with E-state index in [1.165, 1.54) is 12.1 Å². The summed E-state index contributed by atoms with van der Waals surface area (Å²) in [7, 11) is -3.40. The highest BCUT2D eigenvalue weighted by atomic mass is 35.5. The van der Waals surface area contributed by atoms with Crippen LogP contribution in [0.1, 0.15) is 24.8 Å². The fourth-order valence-electron chi connectivity index (χ4n) is 1.59. The van der Waals surface area contributed by atoms with Gasteiger partial charge in [0.25, 0.3) is 0 Å². The van der Waals surface area contributed by atoms with Crippen LogP contribution in [0.3, 0.4) is 0 Å². The molecule has 4 nitrogen and oxygen atoms in total. The zero-order chi connectivity index (χ0) is 13.2. The van der Waals surface area contributed by atoms with Gasteiger partial charge in [-0.05, 0) is 24.5 Å². The topological polar surface area (TPSA) is 70.0 Å². The number of halogens is 1. The minimum Gasteiger partial charge on any atom is -0.282 e. The van der Waals surface area contributed by atoms with Crippen LogP contribution in [0.4, 0.5) is 5.69 Å². The molecular weight excluding hydrogens is 272 g/mol. The third kappa shape index (κ3) is 3.62. The lowest BCUT2D eigenvalue weighted by Gasteiger charge is -2.09. The monoisotopic (exact) mass is 283 g/mol. The van der Waals surface area contributed by atoms with Crippen molar-refractivity contribution >= 4 is 27.3 Å². The first-order chi connectivity index (χ1) is 8.50. The van der Waals surface area contributed by atoms with E-state index in [0.717, 1.165) is 12.8 Å². The largest absolute Gasteiger partial charge is 0.282 e. The maximum absolute atomic E-state index is 11.8. The molecule has 1 aliphatic rings. The number of hydrogen-bond donors (Lipinski definition) is 1. The number of sulfonamides is 1. The number of anilines is 1. The van der Waals surface area contributed by atoms with Gasteiger partial charge >= 0.3 is 0 Å². The van der Waals surface area contributed by atoms with E-state index in [1.54, 1.807) is 0 Å². The molecule has 0 heterocycles. The molecule has 1 aromatic carbocycles. The Labute approximate surface area is 112 Å². The average Bonchev–Trinajstić information content (AvgIpc) is 3.13. The number of nitrogens with zero attached hydrogens (tertiary/aromatic N) is 1. The van der Waals surface area contributed by atoms with Crippen LogP contribution in [0.5, 0.6) is 0 Å². The van der Waals surface area contributed by atoms with Crippen LogP contribution in [0.25, 0.3) is 0 Å². The van der Waals surface area contributed by atoms with Gasteiger partial charge in [0.1, 0.15) is 6.07 Å². The van der Waals surface area contributed by atoms with Crippen molar-refractivity contribution in [1.29, 1.82) is 5.26 Å². The molecule has 2 rings (SSSR count). The van der Waals surface area contributed by atoms with Gasteiger partial charge in [0.2, 0.25) is 10.0 Å². The summed E-state index contributed by atoms with van der Waals surface area (Å²) in [6.45, 7) is 0. The maximum atomic E-state index is 11.8. The first kappa shape index (κ1) is 13.2. The van der Waals surface area contributed by atoms with Gasteiger partial charge in [-0.1, -0.05) is 24.4 Å². The van der Waals surface area contributed by atoms with Gasteiger partial charge in [-0.3, -0.25) is 4.72 Å². The Morgan fingerprint density at radius 3 is 2.89 bits per heavy atom. The van der Waals surface area contributed by atoms with Crippen molar-refractivity contribution in [1.82, 2.24) is 0 Å². The van der Waals surface area contributed by atoms with Crippen LogP contribution in [-0.4, -0.2) is 14.2 Å². The van der Waals surface area contributed by atoms with Gasteiger partial charge in [-0.2, -0.15) is 5.26 Å². The molecule has 95 valence electrons. The highest BCUT2D eigenvalue weighted by Crippen LogP contribution is 2.32. The molecule has 1 fully saturated rings. The van der Waals surface area contributed by atoms with E-state index < -0.39 is 10.0 Å². The van der Waals surface area contributed by atoms with E-state index in [1.807, 2.05) is 6.07 Å². The Bertz CT molecular complexity index is 589. The second-order valence-electron chi connectivity index (χ2n) is 4.37. The van der Waals surface area contributed by atoms with E-state index in [9.17, 15) is 8.42 Å². The Morgan fingerprint density at radius 1 is 1.56 bits per heavy atom. The van der Waals surface area contributed by atoms with Crippen LogP contribution >= 0.6 is 11.6 Å². The molecule has 0 aliphatic heterocycles. The van der Waals surface area contributed by atoms with Gasteiger partial charge in [0, 0.05) is 11.1 Å². The van der Waals surface area contributed by atoms with Gasteiger partial charge in [-0.25, -0.2) is 8.42 Å². The highest BCUT2D eigenvalue weighted by Gasteiger charge is 2.24. The van der Waals surface area contributed by atoms with E-state index in [0.29, 0.717) is 12.3 Å². The maximum Gasteiger partial charge on any atom is 0.232 e.